The van der Waals surface area contributed by atoms with Crippen LogP contribution in [-0.2, 0) is 29.4 Å². The highest BCUT2D eigenvalue weighted by molar-refractivity contribution is 6.32. The van der Waals surface area contributed by atoms with E-state index in [-0.39, 0.29) is 54.9 Å². The molecule has 4 amide bonds. The molecule has 0 radical (unpaired) electrons. The number of methoxy groups -OCH3 is 2. The topological polar surface area (TPSA) is 151 Å². The van der Waals surface area contributed by atoms with E-state index in [2.05, 4.69) is 0 Å². The number of aromatic hydroxyl groups is 1. The molecule has 3 aromatic carbocycles. The standard InChI is InChI=1S/C42H41ClN2O9/c1-53-33-20-24(21-34(54-2)37(33)48)15-18-31-28-16-17-29-36(40(51)44(38(29)49)19-8-4-7-14-35(46)47)30(28)23-32-39(50)45(27-13-9-12-26(43)22-27)41(52)42(31,32)25-10-5-3-6-11-25/h3,5-6,9-13,15-16,18,20-22,29-32,36,48H,4,7-8,14,17,19,23H2,1-2H3,(H,46,47). The van der Waals surface area contributed by atoms with Crippen molar-refractivity contribution in [2.45, 2.75) is 43.9 Å². The highest BCUT2D eigenvalue weighted by Crippen LogP contribution is 2.62. The lowest BCUT2D eigenvalue weighted by molar-refractivity contribution is -0.141. The van der Waals surface area contributed by atoms with E-state index in [1.165, 1.54) is 24.0 Å². The van der Waals surface area contributed by atoms with Gasteiger partial charge in [0.1, 0.15) is 0 Å². The second kappa shape index (κ2) is 14.8. The number of nitrogens with zero attached hydrogens (tertiary/aromatic N) is 2. The molecule has 2 heterocycles. The second-order valence-electron chi connectivity index (χ2n) is 14.3. The monoisotopic (exact) mass is 752 g/mol. The molecule has 54 heavy (non-hydrogen) atoms. The van der Waals surface area contributed by atoms with Crippen molar-refractivity contribution in [3.05, 3.63) is 101 Å². The fraction of sp³-hybridized carbons (Fsp3) is 0.357. The van der Waals surface area contributed by atoms with Gasteiger partial charge in [-0.25, -0.2) is 4.90 Å². The van der Waals surface area contributed by atoms with Crippen molar-refractivity contribution in [2.75, 3.05) is 25.7 Å². The van der Waals surface area contributed by atoms with Gasteiger partial charge in [0.05, 0.1) is 43.1 Å². The predicted molar refractivity (Wildman–Crippen MR) is 200 cm³/mol. The third kappa shape index (κ3) is 6.04. The molecule has 6 atom stereocenters. The minimum atomic E-state index is -1.42. The summed E-state index contributed by atoms with van der Waals surface area (Å²) in [6.45, 7) is 0.192. The van der Waals surface area contributed by atoms with Gasteiger partial charge < -0.3 is 19.7 Å². The van der Waals surface area contributed by atoms with Crippen LogP contribution < -0.4 is 14.4 Å². The summed E-state index contributed by atoms with van der Waals surface area (Å²) in [7, 11) is 2.86. The Kier molecular flexibility index (Phi) is 10.1. The largest absolute Gasteiger partial charge is 0.502 e. The van der Waals surface area contributed by atoms with Gasteiger partial charge in [0.25, 0.3) is 0 Å². The number of phenols is 1. The van der Waals surface area contributed by atoms with E-state index in [0.29, 0.717) is 41.1 Å². The van der Waals surface area contributed by atoms with Crippen LogP contribution in [0.4, 0.5) is 5.69 Å². The Morgan fingerprint density at radius 3 is 2.30 bits per heavy atom. The Hall–Kier alpha value is -5.42. The number of imide groups is 2. The number of rotatable bonds is 12. The van der Waals surface area contributed by atoms with Gasteiger partial charge in [-0.05, 0) is 73.1 Å². The van der Waals surface area contributed by atoms with Gasteiger partial charge in [-0.3, -0.25) is 28.9 Å². The number of aliphatic carboxylic acids is 1. The Balaban J connectivity index is 1.36. The van der Waals surface area contributed by atoms with Crippen LogP contribution in [0.1, 0.15) is 49.7 Å². The third-order valence-electron chi connectivity index (χ3n) is 11.6. The van der Waals surface area contributed by atoms with Gasteiger partial charge in [-0.2, -0.15) is 0 Å². The lowest BCUT2D eigenvalue weighted by atomic mass is 9.50. The number of fused-ring (bicyclic) bond motifs is 4. The van der Waals surface area contributed by atoms with Crippen LogP contribution in [0.25, 0.3) is 6.08 Å². The van der Waals surface area contributed by atoms with Crippen molar-refractivity contribution in [3.63, 3.8) is 0 Å². The zero-order valence-electron chi connectivity index (χ0n) is 29.9. The predicted octanol–water partition coefficient (Wildman–Crippen LogP) is 6.42. The molecule has 0 aromatic heterocycles. The SMILES string of the molecule is COc1cc(C=CC2C3=CCC4C(=O)N(CCCCCC(=O)O)C(=O)C4C3CC3C(=O)N(c4cccc(Cl)c4)C(=O)C23c2ccccc2)cc(OC)c1O. The number of halogens is 1. The van der Waals surface area contributed by atoms with Crippen LogP contribution in [0, 0.1) is 29.6 Å². The highest BCUT2D eigenvalue weighted by Gasteiger charge is 2.69. The molecule has 0 spiro atoms. The van der Waals surface area contributed by atoms with Gasteiger partial charge in [-0.1, -0.05) is 78.2 Å². The zero-order chi connectivity index (χ0) is 38.3. The van der Waals surface area contributed by atoms with Crippen molar-refractivity contribution in [3.8, 4) is 17.2 Å². The first-order valence-corrected chi connectivity index (χ1v) is 18.5. The maximum Gasteiger partial charge on any atom is 0.303 e. The molecule has 11 nitrogen and oxygen atoms in total. The molecule has 3 aromatic rings. The summed E-state index contributed by atoms with van der Waals surface area (Å²) in [5.74, 6) is -5.57. The van der Waals surface area contributed by atoms with Crippen LogP contribution in [0.15, 0.2) is 84.5 Å². The average molecular weight is 753 g/mol. The molecule has 4 aliphatic rings. The normalized spacial score (nSPS) is 26.1. The molecule has 280 valence electrons. The Bertz CT molecular complexity index is 2060. The van der Waals surface area contributed by atoms with Crippen LogP contribution in [0.5, 0.6) is 17.2 Å². The van der Waals surface area contributed by atoms with Gasteiger partial charge >= 0.3 is 5.97 Å². The molecule has 12 heteroatoms. The van der Waals surface area contributed by atoms with Crippen LogP contribution >= 0.6 is 11.6 Å². The second-order valence-corrected chi connectivity index (χ2v) is 14.7. The first-order valence-electron chi connectivity index (χ1n) is 18.1. The number of carboxylic acid groups (broad SMARTS) is 1. The number of amides is 4. The van der Waals surface area contributed by atoms with Crippen LogP contribution in [0.3, 0.4) is 0 Å². The fourth-order valence-corrected chi connectivity index (χ4v) is 9.40. The molecule has 2 N–H and O–H groups in total. The number of unbranched alkanes of at least 4 members (excludes halogenated alkanes) is 2. The number of likely N-dealkylation sites (tertiary alicyclic amines) is 1. The summed E-state index contributed by atoms with van der Waals surface area (Å²) in [6.07, 6.45) is 7.64. The zero-order valence-corrected chi connectivity index (χ0v) is 30.7. The number of phenolic OH excluding ortho intramolecular Hbond substituents is 1. The molecule has 1 saturated carbocycles. The number of carbonyl (C=O) groups excluding carboxylic acids is 4. The summed E-state index contributed by atoms with van der Waals surface area (Å²) < 4.78 is 10.8. The van der Waals surface area contributed by atoms with Gasteiger partial charge in [0.2, 0.25) is 29.4 Å². The number of carbonyl (C=O) groups is 5. The van der Waals surface area contributed by atoms with Crippen LogP contribution in [0.2, 0.25) is 5.02 Å². The Morgan fingerprint density at radius 2 is 1.63 bits per heavy atom. The number of anilines is 1. The maximum atomic E-state index is 15.3. The molecule has 2 saturated heterocycles. The average Bonchev–Trinajstić information content (AvgIpc) is 3.55. The Morgan fingerprint density at radius 1 is 0.907 bits per heavy atom. The van der Waals surface area contributed by atoms with E-state index in [4.69, 9.17) is 26.2 Å². The summed E-state index contributed by atoms with van der Waals surface area (Å²) in [6, 6.07) is 19.1. The van der Waals surface area contributed by atoms with Gasteiger partial charge in [0, 0.05) is 23.9 Å². The summed E-state index contributed by atoms with van der Waals surface area (Å²) >= 11 is 6.39. The summed E-state index contributed by atoms with van der Waals surface area (Å²) in [5.41, 5.74) is 0.972. The molecular formula is C42H41ClN2O9. The molecule has 3 fully saturated rings. The summed E-state index contributed by atoms with van der Waals surface area (Å²) in [4.78, 5) is 71.8. The van der Waals surface area contributed by atoms with Crippen molar-refractivity contribution < 1.29 is 43.7 Å². The molecular weight excluding hydrogens is 712 g/mol. The summed E-state index contributed by atoms with van der Waals surface area (Å²) in [5, 5.41) is 20.0. The van der Waals surface area contributed by atoms with E-state index >= 15 is 4.79 Å². The lowest BCUT2D eigenvalue weighted by Gasteiger charge is -2.49. The number of ether oxygens (including phenoxy) is 2. The van der Waals surface area contributed by atoms with Gasteiger partial charge in [0.15, 0.2) is 11.5 Å². The van der Waals surface area contributed by atoms with E-state index < -0.39 is 52.8 Å². The van der Waals surface area contributed by atoms with Crippen molar-refractivity contribution in [2.24, 2.45) is 29.6 Å². The highest BCUT2D eigenvalue weighted by atomic mass is 35.5. The number of allylic oxidation sites excluding steroid dienone is 3. The van der Waals surface area contributed by atoms with Crippen LogP contribution in [-0.4, -0.2) is 65.5 Å². The Labute approximate surface area is 317 Å². The molecule has 2 aliphatic carbocycles. The molecule has 7 rings (SSSR count). The molecule has 2 aliphatic heterocycles. The molecule has 6 unspecified atom stereocenters. The van der Waals surface area contributed by atoms with Gasteiger partial charge in [-0.15, -0.1) is 0 Å². The number of hydrogen-bond donors (Lipinski definition) is 2. The minimum Gasteiger partial charge on any atom is -0.502 e. The van der Waals surface area contributed by atoms with E-state index in [1.54, 1.807) is 42.5 Å². The van der Waals surface area contributed by atoms with Crippen molar-refractivity contribution >= 4 is 53.0 Å². The first kappa shape index (κ1) is 36.9. The smallest absolute Gasteiger partial charge is 0.303 e. The molecule has 0 bridgehead atoms. The van der Waals surface area contributed by atoms with E-state index in [1.807, 2.05) is 42.5 Å². The minimum absolute atomic E-state index is 0.0185. The van der Waals surface area contributed by atoms with E-state index in [9.17, 15) is 24.3 Å². The number of hydrogen-bond acceptors (Lipinski definition) is 8. The lowest BCUT2D eigenvalue weighted by Crippen LogP contribution is -2.54. The van der Waals surface area contributed by atoms with Crippen molar-refractivity contribution in [1.82, 2.24) is 4.90 Å². The number of carboxylic acids is 1. The van der Waals surface area contributed by atoms with E-state index in [0.717, 1.165) is 5.57 Å². The first-order chi connectivity index (χ1) is 26.0. The number of benzene rings is 3. The third-order valence-corrected chi connectivity index (χ3v) is 11.8. The quantitative estimate of drug-likeness (QED) is 0.121. The fourth-order valence-electron chi connectivity index (χ4n) is 9.22. The van der Waals surface area contributed by atoms with Crippen molar-refractivity contribution in [1.29, 1.82) is 0 Å². The maximum absolute atomic E-state index is 15.3.